The van der Waals surface area contributed by atoms with Crippen LogP contribution in [0.5, 0.6) is 11.5 Å². The van der Waals surface area contributed by atoms with Gasteiger partial charge in [0, 0.05) is 18.8 Å². The summed E-state index contributed by atoms with van der Waals surface area (Å²) in [7, 11) is 7.66. The molecule has 0 saturated heterocycles. The Bertz CT molecular complexity index is 764. The van der Waals surface area contributed by atoms with Crippen molar-refractivity contribution >= 4 is 25.0 Å². The number of benzene rings is 2. The fraction of sp³-hybridized carbons (Fsp3) is 0.316. The average molecular weight is 337 g/mol. The minimum atomic E-state index is -0.258. The maximum absolute atomic E-state index is 11.4. The smallest absolute Gasteiger partial charge is 0.307 e. The summed E-state index contributed by atoms with van der Waals surface area (Å²) < 4.78 is 10.5. The summed E-state index contributed by atoms with van der Waals surface area (Å²) in [5.74, 6) is 0.0703. The number of aromatic hydroxyl groups is 1. The van der Waals surface area contributed by atoms with Crippen molar-refractivity contribution < 1.29 is 19.4 Å². The predicted molar refractivity (Wildman–Crippen MR) is 96.8 cm³/mol. The van der Waals surface area contributed by atoms with E-state index in [4.69, 9.17) is 17.3 Å². The molecule has 0 amide bonds. The number of fused-ring (bicyclic) bond motifs is 1. The molecule has 25 heavy (non-hydrogen) atoms. The summed E-state index contributed by atoms with van der Waals surface area (Å²) >= 11 is 0. The zero-order chi connectivity index (χ0) is 17.8. The molecule has 2 aromatic rings. The van der Waals surface area contributed by atoms with Crippen LogP contribution in [0, 0.1) is 0 Å². The molecule has 2 radical (unpaired) electrons. The van der Waals surface area contributed by atoms with Crippen LogP contribution in [0.25, 0.3) is 0 Å². The Morgan fingerprint density at radius 2 is 2.08 bits per heavy atom. The lowest BCUT2D eigenvalue weighted by atomic mass is 9.89. The largest absolute Gasteiger partial charge is 0.504 e. The van der Waals surface area contributed by atoms with Crippen LogP contribution >= 0.6 is 0 Å². The third-order valence-electron chi connectivity index (χ3n) is 4.35. The molecule has 0 bridgehead atoms. The molecular formula is C19H20BNO4. The van der Waals surface area contributed by atoms with Crippen LogP contribution in [0.3, 0.4) is 0 Å². The van der Waals surface area contributed by atoms with Crippen molar-refractivity contribution in [1.29, 1.82) is 0 Å². The fourth-order valence-electron chi connectivity index (χ4n) is 3.08. The number of phenols is 1. The summed E-state index contributed by atoms with van der Waals surface area (Å²) in [6.45, 7) is 1.59. The van der Waals surface area contributed by atoms with Crippen LogP contribution in [-0.2, 0) is 22.6 Å². The predicted octanol–water partition coefficient (Wildman–Crippen LogP) is 1.69. The highest BCUT2D eigenvalue weighted by Gasteiger charge is 2.25. The van der Waals surface area contributed by atoms with E-state index >= 15 is 0 Å². The first kappa shape index (κ1) is 17.2. The zero-order valence-corrected chi connectivity index (χ0v) is 14.2. The van der Waals surface area contributed by atoms with E-state index < -0.39 is 0 Å². The second kappa shape index (κ2) is 7.51. The lowest BCUT2D eigenvalue weighted by Crippen LogP contribution is -2.28. The molecule has 0 atom stereocenters. The van der Waals surface area contributed by atoms with Crippen LogP contribution < -0.4 is 15.1 Å². The van der Waals surface area contributed by atoms with Gasteiger partial charge in [-0.05, 0) is 29.1 Å². The number of methoxy groups -OCH3 is 1. The highest BCUT2D eigenvalue weighted by Crippen LogP contribution is 2.36. The molecule has 5 nitrogen and oxygen atoms in total. The van der Waals surface area contributed by atoms with Gasteiger partial charge in [-0.1, -0.05) is 30.3 Å². The van der Waals surface area contributed by atoms with Gasteiger partial charge in [0.2, 0.25) is 0 Å². The Labute approximate surface area is 148 Å². The standard InChI is InChI=1S/C19H20BNO4/c1-24-16(23)8-10-21-9-7-14-11-15(22)19(17(20)18(14)21)25-12-13-5-3-2-4-6-13/h2-6,11,22H,7-10,12H2,1H3. The molecule has 0 unspecified atom stereocenters. The highest BCUT2D eigenvalue weighted by molar-refractivity contribution is 6.38. The van der Waals surface area contributed by atoms with E-state index in [1.807, 2.05) is 35.2 Å². The fourth-order valence-corrected chi connectivity index (χ4v) is 3.08. The Morgan fingerprint density at radius 3 is 2.80 bits per heavy atom. The van der Waals surface area contributed by atoms with Gasteiger partial charge in [-0.3, -0.25) is 4.79 Å². The van der Waals surface area contributed by atoms with Crippen molar-refractivity contribution in [3.05, 3.63) is 47.5 Å². The first-order valence-corrected chi connectivity index (χ1v) is 8.23. The molecular weight excluding hydrogens is 317 g/mol. The highest BCUT2D eigenvalue weighted by atomic mass is 16.5. The number of rotatable bonds is 6. The minimum absolute atomic E-state index is 0.0435. The summed E-state index contributed by atoms with van der Waals surface area (Å²) in [5, 5.41) is 10.3. The Balaban J connectivity index is 1.80. The van der Waals surface area contributed by atoms with Crippen molar-refractivity contribution in [2.75, 3.05) is 25.1 Å². The number of carbonyl (C=O) groups is 1. The van der Waals surface area contributed by atoms with Crippen molar-refractivity contribution in [2.24, 2.45) is 0 Å². The third-order valence-corrected chi connectivity index (χ3v) is 4.35. The topological polar surface area (TPSA) is 59.0 Å². The van der Waals surface area contributed by atoms with E-state index in [-0.39, 0.29) is 23.9 Å². The molecule has 6 heteroatoms. The van der Waals surface area contributed by atoms with Gasteiger partial charge in [0.1, 0.15) is 14.5 Å². The Morgan fingerprint density at radius 1 is 1.32 bits per heavy atom. The normalized spacial score (nSPS) is 12.8. The van der Waals surface area contributed by atoms with E-state index in [1.165, 1.54) is 7.11 Å². The van der Waals surface area contributed by atoms with Crippen molar-refractivity contribution in [3.8, 4) is 11.5 Å². The van der Waals surface area contributed by atoms with Gasteiger partial charge in [-0.2, -0.15) is 0 Å². The molecule has 1 aliphatic rings. The second-order valence-electron chi connectivity index (χ2n) is 5.98. The molecule has 128 valence electrons. The van der Waals surface area contributed by atoms with Crippen molar-refractivity contribution in [1.82, 2.24) is 0 Å². The number of hydrogen-bond acceptors (Lipinski definition) is 5. The zero-order valence-electron chi connectivity index (χ0n) is 14.2. The molecule has 1 heterocycles. The molecule has 1 aliphatic heterocycles. The van der Waals surface area contributed by atoms with Gasteiger partial charge in [0.25, 0.3) is 0 Å². The van der Waals surface area contributed by atoms with Crippen LogP contribution in [-0.4, -0.2) is 39.1 Å². The number of hydrogen-bond donors (Lipinski definition) is 1. The van der Waals surface area contributed by atoms with E-state index in [2.05, 4.69) is 0 Å². The molecule has 0 fully saturated rings. The third kappa shape index (κ3) is 3.73. The minimum Gasteiger partial charge on any atom is -0.504 e. The maximum atomic E-state index is 11.4. The van der Waals surface area contributed by atoms with Crippen LogP contribution in [0.1, 0.15) is 17.5 Å². The van der Waals surface area contributed by atoms with Crippen LogP contribution in [0.15, 0.2) is 36.4 Å². The molecule has 1 N–H and O–H groups in total. The second-order valence-corrected chi connectivity index (χ2v) is 5.98. The quantitative estimate of drug-likeness (QED) is 0.642. The SMILES string of the molecule is [B]c1c(OCc2ccccc2)c(O)cc2c1N(CCC(=O)OC)CC2. The van der Waals surface area contributed by atoms with E-state index in [1.54, 1.807) is 6.07 Å². The molecule has 3 rings (SSSR count). The Hall–Kier alpha value is -2.63. The number of phenolic OH excluding ortho intramolecular Hbond substituents is 1. The van der Waals surface area contributed by atoms with Crippen molar-refractivity contribution in [2.45, 2.75) is 19.4 Å². The molecule has 2 aromatic carbocycles. The summed E-state index contributed by atoms with van der Waals surface area (Å²) in [6, 6.07) is 11.4. The molecule has 0 spiro atoms. The lowest BCUT2D eigenvalue weighted by Gasteiger charge is -2.23. The number of nitrogens with zero attached hydrogens (tertiary/aromatic N) is 1. The van der Waals surface area contributed by atoms with Gasteiger partial charge in [-0.15, -0.1) is 0 Å². The number of carbonyl (C=O) groups excluding carboxylic acids is 1. The number of esters is 1. The van der Waals surface area contributed by atoms with Crippen molar-refractivity contribution in [3.63, 3.8) is 0 Å². The number of ether oxygens (including phenoxy) is 2. The first-order valence-electron chi connectivity index (χ1n) is 8.23. The van der Waals surface area contributed by atoms with E-state index in [9.17, 15) is 9.90 Å². The summed E-state index contributed by atoms with van der Waals surface area (Å²) in [5.41, 5.74) is 3.20. The molecule has 0 aliphatic carbocycles. The molecule has 0 aromatic heterocycles. The van der Waals surface area contributed by atoms with Gasteiger partial charge in [0.05, 0.1) is 13.5 Å². The Kier molecular flexibility index (Phi) is 5.17. The van der Waals surface area contributed by atoms with Crippen LogP contribution in [0.4, 0.5) is 5.69 Å². The van der Waals surface area contributed by atoms with Gasteiger partial charge in [0.15, 0.2) is 11.5 Å². The van der Waals surface area contributed by atoms with Crippen LogP contribution in [0.2, 0.25) is 0 Å². The number of anilines is 1. The summed E-state index contributed by atoms with van der Waals surface area (Å²) in [6.07, 6.45) is 1.06. The van der Waals surface area contributed by atoms with Gasteiger partial charge < -0.3 is 19.5 Å². The van der Waals surface area contributed by atoms with Gasteiger partial charge in [-0.25, -0.2) is 0 Å². The summed E-state index contributed by atoms with van der Waals surface area (Å²) in [4.78, 5) is 13.4. The van der Waals surface area contributed by atoms with E-state index in [0.29, 0.717) is 18.6 Å². The lowest BCUT2D eigenvalue weighted by molar-refractivity contribution is -0.140. The monoisotopic (exact) mass is 337 g/mol. The molecule has 0 saturated carbocycles. The first-order chi connectivity index (χ1) is 12.1. The maximum Gasteiger partial charge on any atom is 0.307 e. The average Bonchev–Trinajstić information content (AvgIpc) is 3.03. The van der Waals surface area contributed by atoms with E-state index in [0.717, 1.165) is 29.8 Å². The van der Waals surface area contributed by atoms with Gasteiger partial charge >= 0.3 is 5.97 Å².